The van der Waals surface area contributed by atoms with E-state index >= 15 is 0 Å². The molecule has 2 aliphatic rings. The third-order valence-corrected chi connectivity index (χ3v) is 13.7. The summed E-state index contributed by atoms with van der Waals surface area (Å²) in [5.74, 6) is -0.991. The number of carbonyl (C=O) groups is 6. The molecule has 2 fully saturated rings. The van der Waals surface area contributed by atoms with Gasteiger partial charge in [-0.2, -0.15) is 0 Å². The molecule has 0 spiro atoms. The number of thioether (sulfide) groups is 4. The van der Waals surface area contributed by atoms with Crippen LogP contribution < -0.4 is 9.47 Å². The molecule has 14 nitrogen and oxygen atoms in total. The molecule has 2 heterocycles. The monoisotopic (exact) mass is 850 g/mol. The molecule has 2 N–H and O–H groups in total. The van der Waals surface area contributed by atoms with E-state index in [-0.39, 0.29) is 35.6 Å². The Balaban J connectivity index is 1.44. The molecular formula is C38H42O14S4. The topological polar surface area (TPSA) is 198 Å². The Morgan fingerprint density at radius 3 is 1.20 bits per heavy atom. The Bertz CT molecular complexity index is 1650. The van der Waals surface area contributed by atoms with Gasteiger partial charge in [-0.05, 0) is 85.3 Å². The molecule has 0 aliphatic carbocycles. The predicted octanol–water partition coefficient (Wildman–Crippen LogP) is 5.15. The van der Waals surface area contributed by atoms with Gasteiger partial charge in [0.2, 0.25) is 0 Å². The first-order valence-corrected chi connectivity index (χ1v) is 21.4. The summed E-state index contributed by atoms with van der Waals surface area (Å²) in [7, 11) is 0. The van der Waals surface area contributed by atoms with Gasteiger partial charge in [0, 0.05) is 47.3 Å². The third-order valence-electron chi connectivity index (χ3n) is 7.82. The van der Waals surface area contributed by atoms with Crippen LogP contribution in [0.4, 0.5) is 0 Å². The fourth-order valence-corrected chi connectivity index (χ4v) is 10.6. The summed E-state index contributed by atoms with van der Waals surface area (Å²) < 4.78 is 33.1. The lowest BCUT2D eigenvalue weighted by Crippen LogP contribution is -2.32. The predicted molar refractivity (Wildman–Crippen MR) is 214 cm³/mol. The summed E-state index contributed by atoms with van der Waals surface area (Å²) in [4.78, 5) is 71.4. The molecule has 0 amide bonds. The highest BCUT2D eigenvalue weighted by atomic mass is 32.2. The van der Waals surface area contributed by atoms with Crippen molar-refractivity contribution in [1.29, 1.82) is 0 Å². The molecule has 0 bridgehead atoms. The second kappa shape index (κ2) is 21.9. The Morgan fingerprint density at radius 2 is 0.893 bits per heavy atom. The van der Waals surface area contributed by atoms with Crippen molar-refractivity contribution in [1.82, 2.24) is 0 Å². The number of benzene rings is 2. The van der Waals surface area contributed by atoms with E-state index in [2.05, 4.69) is 0 Å². The zero-order valence-corrected chi connectivity index (χ0v) is 34.3. The van der Waals surface area contributed by atoms with Crippen molar-refractivity contribution in [3.8, 4) is 22.6 Å². The summed E-state index contributed by atoms with van der Waals surface area (Å²) >= 11 is 5.89. The molecule has 2 aliphatic heterocycles. The number of hydrogen-bond donors (Lipinski definition) is 2. The number of carboxylic acid groups (broad SMARTS) is 2. The van der Waals surface area contributed by atoms with Crippen LogP contribution >= 0.6 is 47.0 Å². The van der Waals surface area contributed by atoms with Gasteiger partial charge < -0.3 is 38.6 Å². The van der Waals surface area contributed by atoms with E-state index in [0.29, 0.717) is 23.7 Å². The molecule has 18 heteroatoms. The first-order valence-electron chi connectivity index (χ1n) is 17.2. The zero-order valence-electron chi connectivity index (χ0n) is 31.0. The van der Waals surface area contributed by atoms with Crippen molar-refractivity contribution in [2.75, 3.05) is 49.4 Å². The van der Waals surface area contributed by atoms with Crippen LogP contribution in [0.5, 0.6) is 11.5 Å². The van der Waals surface area contributed by atoms with E-state index in [1.54, 1.807) is 0 Å². The van der Waals surface area contributed by atoms with Crippen LogP contribution in [-0.2, 0) is 47.7 Å². The highest BCUT2D eigenvalue weighted by Gasteiger charge is 2.29. The molecule has 2 unspecified atom stereocenters. The number of esters is 4. The van der Waals surface area contributed by atoms with Crippen molar-refractivity contribution in [3.05, 3.63) is 70.8 Å². The van der Waals surface area contributed by atoms with Gasteiger partial charge in [-0.3, -0.25) is 0 Å². The Morgan fingerprint density at radius 1 is 0.571 bits per heavy atom. The molecule has 4 rings (SSSR count). The lowest BCUT2D eigenvalue weighted by Gasteiger charge is -2.21. The lowest BCUT2D eigenvalue weighted by molar-refractivity contribution is -0.156. The van der Waals surface area contributed by atoms with E-state index in [4.69, 9.17) is 38.6 Å². The first kappa shape index (κ1) is 44.5. The SMILES string of the molecule is Cc1cc(-c2cc(C)c(OCC(COC(=O)C3SCCS3)OC(=O)C=CC(=O)O)c(C)c2)cc(C)c1OCC(COC(=O)C1SCCS1)OC(=O)C=CC(=O)O. The molecule has 302 valence electrons. The van der Waals surface area contributed by atoms with Crippen molar-refractivity contribution < 1.29 is 67.4 Å². The minimum Gasteiger partial charge on any atom is -0.489 e. The van der Waals surface area contributed by atoms with Crippen LogP contribution in [0.3, 0.4) is 0 Å². The third kappa shape index (κ3) is 14.0. The summed E-state index contributed by atoms with van der Waals surface area (Å²) in [5.41, 5.74) is 4.83. The van der Waals surface area contributed by atoms with Crippen molar-refractivity contribution in [2.45, 2.75) is 49.1 Å². The number of carboxylic acids is 2. The molecule has 0 radical (unpaired) electrons. The van der Waals surface area contributed by atoms with Gasteiger partial charge in [0.15, 0.2) is 12.2 Å². The Kier molecular flexibility index (Phi) is 17.4. The average molecular weight is 851 g/mol. The van der Waals surface area contributed by atoms with Crippen molar-refractivity contribution in [2.24, 2.45) is 0 Å². The highest BCUT2D eigenvalue weighted by molar-refractivity contribution is 8.21. The van der Waals surface area contributed by atoms with Crippen molar-refractivity contribution in [3.63, 3.8) is 0 Å². The fourth-order valence-electron chi connectivity index (χ4n) is 5.44. The van der Waals surface area contributed by atoms with Gasteiger partial charge in [-0.1, -0.05) is 0 Å². The number of ether oxygens (including phenoxy) is 6. The maximum Gasteiger partial charge on any atom is 0.331 e. The Labute approximate surface area is 340 Å². The second-order valence-corrected chi connectivity index (χ2v) is 17.8. The number of rotatable bonds is 19. The van der Waals surface area contributed by atoms with Gasteiger partial charge in [0.1, 0.15) is 47.1 Å². The smallest absolute Gasteiger partial charge is 0.331 e. The largest absolute Gasteiger partial charge is 0.489 e. The summed E-state index contributed by atoms with van der Waals surface area (Å²) in [6, 6.07) is 7.71. The van der Waals surface area contributed by atoms with Gasteiger partial charge in [-0.25, -0.2) is 28.8 Å². The second-order valence-electron chi connectivity index (χ2n) is 12.4. The van der Waals surface area contributed by atoms with Crippen LogP contribution in [0, 0.1) is 27.7 Å². The van der Waals surface area contributed by atoms with Crippen LogP contribution in [-0.4, -0.2) is 117 Å². The minimum atomic E-state index is -1.32. The summed E-state index contributed by atoms with van der Waals surface area (Å²) in [6.07, 6.45) is 0.824. The lowest BCUT2D eigenvalue weighted by atomic mass is 9.96. The maximum absolute atomic E-state index is 12.5. The van der Waals surface area contributed by atoms with E-state index < -0.39 is 48.0 Å². The van der Waals surface area contributed by atoms with E-state index in [1.807, 2.05) is 52.0 Å². The van der Waals surface area contributed by atoms with Gasteiger partial charge >= 0.3 is 35.8 Å². The summed E-state index contributed by atoms with van der Waals surface area (Å²) in [5, 5.41) is 17.7. The molecular weight excluding hydrogens is 809 g/mol. The fraction of sp³-hybridized carbons (Fsp3) is 0.421. The highest BCUT2D eigenvalue weighted by Crippen LogP contribution is 2.36. The van der Waals surface area contributed by atoms with Gasteiger partial charge in [-0.15, -0.1) is 47.0 Å². The zero-order chi connectivity index (χ0) is 40.8. The maximum atomic E-state index is 12.5. The molecule has 2 saturated heterocycles. The van der Waals surface area contributed by atoms with E-state index in [1.165, 1.54) is 47.0 Å². The molecule has 0 aromatic heterocycles. The summed E-state index contributed by atoms with van der Waals surface area (Å²) in [6.45, 7) is 6.55. The van der Waals surface area contributed by atoms with Crippen LogP contribution in [0.1, 0.15) is 22.3 Å². The average Bonchev–Trinajstić information content (AvgIpc) is 3.89. The number of carbonyl (C=O) groups excluding carboxylic acids is 4. The van der Waals surface area contributed by atoms with Crippen LogP contribution in [0.15, 0.2) is 48.6 Å². The van der Waals surface area contributed by atoms with Gasteiger partial charge in [0.05, 0.1) is 0 Å². The molecule has 2 aromatic carbocycles. The van der Waals surface area contributed by atoms with E-state index in [9.17, 15) is 28.8 Å². The molecule has 2 atom stereocenters. The van der Waals surface area contributed by atoms with Crippen LogP contribution in [0.25, 0.3) is 11.1 Å². The van der Waals surface area contributed by atoms with E-state index in [0.717, 1.165) is 68.5 Å². The Hall–Kier alpha value is -4.26. The minimum absolute atomic E-state index is 0.167. The number of aryl methyl sites for hydroxylation is 4. The normalized spacial score (nSPS) is 15.7. The molecule has 2 aromatic rings. The number of aliphatic carboxylic acids is 2. The van der Waals surface area contributed by atoms with Crippen molar-refractivity contribution >= 4 is 82.9 Å². The quantitative estimate of drug-likeness (QED) is 0.107. The number of hydrogen-bond acceptors (Lipinski definition) is 16. The first-order chi connectivity index (χ1) is 26.7. The van der Waals surface area contributed by atoms with Crippen LogP contribution in [0.2, 0.25) is 0 Å². The standard InChI is InChI=1S/C38H42O14S4/c1-21-13-25(14-22(2)33(21)47-17-27(51-31(43)7-5-29(39)40)19-49-35(45)37-53-9-10-54-37)26-15-23(3)34(24(4)16-26)48-18-28(52-32(44)8-6-30(41)42)20-50-36(46)38-55-11-12-56-38/h5-8,13-16,27-28,37-38H,9-12,17-20H2,1-4H3,(H,39,40)(H,41,42). The molecule has 0 saturated carbocycles. The van der Waals surface area contributed by atoms with Gasteiger partial charge in [0.25, 0.3) is 0 Å². The molecule has 56 heavy (non-hydrogen) atoms.